The molecule has 1 aliphatic rings. The van der Waals surface area contributed by atoms with Crippen LogP contribution < -0.4 is 61.0 Å². The number of nitrogens with zero attached hydrogens (tertiary/aromatic N) is 3. The number of rotatable bonds is 32. The number of hydrogen-bond donors (Lipinski definition) is 12. The number of phenolic OH excluding ortho intramolecular Hbond substituents is 1. The molecule has 0 radical (unpaired) electrons. The molecule has 0 spiro atoms. The van der Waals surface area contributed by atoms with Gasteiger partial charge in [-0.2, -0.15) is 0 Å². The van der Waals surface area contributed by atoms with Crippen molar-refractivity contribution in [3.05, 3.63) is 102 Å². The smallest absolute Gasteiger partial charge is 0.245 e. The lowest BCUT2D eigenvalue weighted by atomic mass is 9.98. The quantitative estimate of drug-likeness (QED) is 0.0185. The summed E-state index contributed by atoms with van der Waals surface area (Å²) in [6.07, 6.45) is -0.736. The van der Waals surface area contributed by atoms with E-state index in [1.165, 1.54) is 29.0 Å². The van der Waals surface area contributed by atoms with Gasteiger partial charge < -0.3 is 75.9 Å². The van der Waals surface area contributed by atoms with E-state index in [0.29, 0.717) is 16.7 Å². The van der Waals surface area contributed by atoms with Crippen LogP contribution >= 0.6 is 0 Å². The topological polar surface area (TPSA) is 426 Å². The predicted molar refractivity (Wildman–Crippen MR) is 296 cm³/mol. The second-order valence-corrected chi connectivity index (χ2v) is 20.3. The zero-order chi connectivity index (χ0) is 59.1. The van der Waals surface area contributed by atoms with Crippen molar-refractivity contribution >= 4 is 65.0 Å². The number of nitrogens with two attached hydrogens (primary N) is 6. The molecule has 434 valence electrons. The summed E-state index contributed by atoms with van der Waals surface area (Å²) in [6, 6.07) is 13.3. The first-order chi connectivity index (χ1) is 37.9. The first-order valence-corrected chi connectivity index (χ1v) is 26.6. The molecule has 10 amide bonds. The molecule has 0 bridgehead atoms. The molecular formula is C55H78N14O11. The van der Waals surface area contributed by atoms with Crippen molar-refractivity contribution in [2.24, 2.45) is 45.3 Å². The largest absolute Gasteiger partial charge is 0.508 e. The molecule has 1 aliphatic heterocycles. The van der Waals surface area contributed by atoms with Gasteiger partial charge in [0.15, 0.2) is 5.96 Å². The van der Waals surface area contributed by atoms with Crippen LogP contribution in [0.2, 0.25) is 0 Å². The number of likely N-dealkylation sites (tertiary alicyclic amines) is 1. The van der Waals surface area contributed by atoms with Crippen molar-refractivity contribution < 1.29 is 53.1 Å². The van der Waals surface area contributed by atoms with E-state index in [9.17, 15) is 53.1 Å². The zero-order valence-electron chi connectivity index (χ0n) is 45.5. The Balaban J connectivity index is 1.58. The first kappa shape index (κ1) is 63.9. The molecule has 25 heteroatoms. The Morgan fingerprint density at radius 3 is 1.65 bits per heavy atom. The first-order valence-electron chi connectivity index (χ1n) is 26.6. The number of likely N-dealkylation sites (N-methyl/N-ethyl adjacent to an activating group) is 1. The second kappa shape index (κ2) is 31.7. The summed E-state index contributed by atoms with van der Waals surface area (Å²) in [7, 11) is 1.44. The monoisotopic (exact) mass is 1110 g/mol. The Bertz CT molecular complexity index is 2640. The second-order valence-electron chi connectivity index (χ2n) is 20.3. The molecule has 0 saturated carbocycles. The van der Waals surface area contributed by atoms with Crippen molar-refractivity contribution in [3.8, 4) is 5.75 Å². The van der Waals surface area contributed by atoms with E-state index in [2.05, 4.69) is 31.6 Å². The van der Waals surface area contributed by atoms with E-state index < -0.39 is 114 Å². The van der Waals surface area contributed by atoms with Crippen molar-refractivity contribution in [2.45, 2.75) is 139 Å². The van der Waals surface area contributed by atoms with Gasteiger partial charge in [0.05, 0.1) is 6.04 Å². The highest BCUT2D eigenvalue weighted by molar-refractivity contribution is 5.98. The van der Waals surface area contributed by atoms with Crippen LogP contribution in [-0.4, -0.2) is 148 Å². The molecule has 8 atom stereocenters. The Hall–Kier alpha value is -8.61. The van der Waals surface area contributed by atoms with E-state index in [1.807, 2.05) is 13.8 Å². The molecule has 4 rings (SSSR count). The molecule has 0 aliphatic carbocycles. The van der Waals surface area contributed by atoms with Gasteiger partial charge in [-0.25, -0.2) is 0 Å². The van der Waals surface area contributed by atoms with Crippen molar-refractivity contribution in [2.75, 3.05) is 20.1 Å². The van der Waals surface area contributed by atoms with Crippen molar-refractivity contribution in [1.82, 2.24) is 36.4 Å². The summed E-state index contributed by atoms with van der Waals surface area (Å²) in [4.78, 5) is 143. The van der Waals surface area contributed by atoms with E-state index >= 15 is 0 Å². The number of carbonyl (C=O) groups is 10. The van der Waals surface area contributed by atoms with Gasteiger partial charge in [0.1, 0.15) is 48.0 Å². The number of guanidine groups is 1. The molecular weight excluding hydrogens is 1030 g/mol. The Morgan fingerprint density at radius 2 is 1.11 bits per heavy atom. The molecule has 1 saturated heterocycles. The van der Waals surface area contributed by atoms with Crippen molar-refractivity contribution in [3.63, 3.8) is 0 Å². The van der Waals surface area contributed by atoms with Gasteiger partial charge in [-0.15, -0.1) is 0 Å². The number of aromatic hydroxyl groups is 1. The minimum Gasteiger partial charge on any atom is -0.508 e. The molecule has 0 unspecified atom stereocenters. The van der Waals surface area contributed by atoms with Gasteiger partial charge in [-0.05, 0) is 86.1 Å². The highest BCUT2D eigenvalue weighted by Crippen LogP contribution is 2.22. The summed E-state index contributed by atoms with van der Waals surface area (Å²) in [6.45, 7) is 3.76. The van der Waals surface area contributed by atoms with Crippen LogP contribution in [0.4, 0.5) is 0 Å². The van der Waals surface area contributed by atoms with Gasteiger partial charge in [0.2, 0.25) is 59.1 Å². The van der Waals surface area contributed by atoms with Crippen LogP contribution in [0.25, 0.3) is 0 Å². The number of amides is 10. The van der Waals surface area contributed by atoms with Gasteiger partial charge in [-0.3, -0.25) is 52.9 Å². The molecule has 18 N–H and O–H groups in total. The third kappa shape index (κ3) is 21.0. The van der Waals surface area contributed by atoms with Gasteiger partial charge in [-0.1, -0.05) is 86.6 Å². The average molecular weight is 1110 g/mol. The summed E-state index contributed by atoms with van der Waals surface area (Å²) in [5, 5.41) is 23.0. The van der Waals surface area contributed by atoms with Crippen LogP contribution in [0.15, 0.2) is 89.9 Å². The fourth-order valence-electron chi connectivity index (χ4n) is 9.14. The normalized spacial score (nSPS) is 15.6. The molecule has 1 heterocycles. The van der Waals surface area contributed by atoms with E-state index in [4.69, 9.17) is 34.4 Å². The van der Waals surface area contributed by atoms with Crippen LogP contribution in [0.3, 0.4) is 0 Å². The number of aliphatic imine (C=N–C) groups is 1. The zero-order valence-corrected chi connectivity index (χ0v) is 45.5. The number of phenols is 1. The molecule has 25 nitrogen and oxygen atoms in total. The summed E-state index contributed by atoms with van der Waals surface area (Å²) in [5.74, 6) is -8.19. The van der Waals surface area contributed by atoms with Crippen LogP contribution in [-0.2, 0) is 67.2 Å². The highest BCUT2D eigenvalue weighted by Gasteiger charge is 2.41. The van der Waals surface area contributed by atoms with Gasteiger partial charge in [0.25, 0.3) is 0 Å². The maximum Gasteiger partial charge on any atom is 0.245 e. The number of benzene rings is 3. The maximum absolute atomic E-state index is 14.7. The number of hydrogen-bond acceptors (Lipinski definition) is 13. The fourth-order valence-corrected chi connectivity index (χ4v) is 9.14. The lowest BCUT2D eigenvalue weighted by molar-refractivity contribution is -0.143. The highest BCUT2D eigenvalue weighted by atomic mass is 16.3. The number of nitrogens with one attached hydrogen (secondary N) is 5. The minimum absolute atomic E-state index is 0.00360. The van der Waals surface area contributed by atoms with Crippen molar-refractivity contribution in [1.29, 1.82) is 0 Å². The summed E-state index contributed by atoms with van der Waals surface area (Å²) < 4.78 is 0. The Labute approximate surface area is 465 Å². The van der Waals surface area contributed by atoms with E-state index in [-0.39, 0.29) is 101 Å². The lowest BCUT2D eigenvalue weighted by Crippen LogP contribution is -2.60. The van der Waals surface area contributed by atoms with E-state index in [0.717, 1.165) is 0 Å². The van der Waals surface area contributed by atoms with Crippen LogP contribution in [0.5, 0.6) is 5.75 Å². The lowest BCUT2D eigenvalue weighted by Gasteiger charge is -2.33. The SMILES string of the molecule is CC(C)C[C@H](C(=O)N[C@@H](Cc1ccccc1)C(=O)N[C@@H](CCC(N)=O)C(=O)N1CCC[C@H]1C(=O)N[C@@H](CCC(N)=O)C(=O)N[C@@H](CCCN=C(N)N)C(=O)N[C@@H](Cc1ccccc1)C(N)=O)N(C)C(=O)[C@H](N)Cc1ccc(O)cc1. The molecule has 3 aromatic carbocycles. The fraction of sp³-hybridized carbons (Fsp3) is 0.473. The van der Waals surface area contributed by atoms with Crippen LogP contribution in [0, 0.1) is 5.92 Å². The average Bonchev–Trinajstić information content (AvgIpc) is 3.91. The maximum atomic E-state index is 14.7. The van der Waals surface area contributed by atoms with Gasteiger partial charge >= 0.3 is 0 Å². The molecule has 0 aromatic heterocycles. The predicted octanol–water partition coefficient (Wildman–Crippen LogP) is -1.89. The standard InChI is InChI=1S/C55H78N14O11/c1-32(2)28-44(68(3)53(79)37(56)29-35-18-20-36(70)21-19-35)52(78)67-42(31-34-14-8-5-9-15-34)50(76)65-40(23-25-46(58)72)54(80)69-27-11-17-43(69)51(77)64-39(22-24-45(57)71)49(75)63-38(16-10-26-62-55(60)61)48(74)66-41(47(59)73)30-33-12-6-4-7-13-33/h4-9,12-15,18-21,32,37-44,70H,10-11,16-17,22-31,56H2,1-3H3,(H2,57,71)(H2,58,72)(H2,59,73)(H,63,75)(H,64,77)(H,65,76)(H,66,74)(H,67,78)(H4,60,61,62)/t37-,38+,39+,40+,41+,42+,43+,44-/m1/s1. The third-order valence-corrected chi connectivity index (χ3v) is 13.4. The van der Waals surface area contributed by atoms with Crippen LogP contribution in [0.1, 0.15) is 88.3 Å². The third-order valence-electron chi connectivity index (χ3n) is 13.4. The Morgan fingerprint density at radius 1 is 0.625 bits per heavy atom. The summed E-state index contributed by atoms with van der Waals surface area (Å²) in [5.41, 5.74) is 36.0. The van der Waals surface area contributed by atoms with Gasteiger partial charge in [0, 0.05) is 45.8 Å². The van der Waals surface area contributed by atoms with E-state index in [1.54, 1.807) is 72.8 Å². The number of carbonyl (C=O) groups excluding carboxylic acids is 10. The Kier molecular flexibility index (Phi) is 25.3. The molecule has 80 heavy (non-hydrogen) atoms. The molecule has 1 fully saturated rings. The number of primary amides is 3. The molecule has 3 aromatic rings. The minimum atomic E-state index is -1.51. The summed E-state index contributed by atoms with van der Waals surface area (Å²) >= 11 is 0.